The first-order valence-electron chi connectivity index (χ1n) is 5.23. The molecule has 0 bridgehead atoms. The van der Waals surface area contributed by atoms with Crippen LogP contribution in [0, 0.1) is 6.92 Å². The molecule has 0 amide bonds. The van der Waals surface area contributed by atoms with E-state index in [0.717, 1.165) is 5.56 Å². The van der Waals surface area contributed by atoms with Gasteiger partial charge in [-0.1, -0.05) is 6.42 Å². The highest BCUT2D eigenvalue weighted by Crippen LogP contribution is 2.20. The molecule has 0 aliphatic heterocycles. The van der Waals surface area contributed by atoms with Crippen LogP contribution in [0.15, 0.2) is 10.5 Å². The van der Waals surface area contributed by atoms with Crippen molar-refractivity contribution >= 4 is 5.97 Å². The Labute approximate surface area is 88.3 Å². The first kappa shape index (κ1) is 10.2. The Hall–Kier alpha value is -1.29. The Morgan fingerprint density at radius 1 is 1.67 bits per heavy atom. The minimum absolute atomic E-state index is 0.0258. The minimum Gasteiger partial charge on any atom is -0.475 e. The van der Waals surface area contributed by atoms with E-state index in [9.17, 15) is 4.79 Å². The van der Waals surface area contributed by atoms with E-state index >= 15 is 0 Å². The predicted octanol–water partition coefficient (Wildman–Crippen LogP) is 1.93. The third-order valence-corrected chi connectivity index (χ3v) is 2.92. The maximum absolute atomic E-state index is 10.7. The molecule has 1 heterocycles. The van der Waals surface area contributed by atoms with Crippen molar-refractivity contribution in [2.24, 2.45) is 0 Å². The normalized spacial score (nSPS) is 16.3. The number of aromatic carboxylic acids is 1. The van der Waals surface area contributed by atoms with Crippen molar-refractivity contribution in [2.75, 3.05) is 0 Å². The predicted molar refractivity (Wildman–Crippen MR) is 54.9 cm³/mol. The van der Waals surface area contributed by atoms with Gasteiger partial charge in [-0.3, -0.25) is 0 Å². The second kappa shape index (κ2) is 4.06. The molecular formula is C11H15NO3. The van der Waals surface area contributed by atoms with Gasteiger partial charge in [0, 0.05) is 18.2 Å². The second-order valence-electron chi connectivity index (χ2n) is 4.01. The maximum atomic E-state index is 10.7. The van der Waals surface area contributed by atoms with Gasteiger partial charge in [0.1, 0.15) is 5.76 Å². The molecule has 1 aromatic heterocycles. The summed E-state index contributed by atoms with van der Waals surface area (Å²) >= 11 is 0. The van der Waals surface area contributed by atoms with E-state index in [2.05, 4.69) is 5.32 Å². The molecule has 2 rings (SSSR count). The van der Waals surface area contributed by atoms with Crippen LogP contribution in [0.1, 0.15) is 41.1 Å². The van der Waals surface area contributed by atoms with Crippen LogP contribution < -0.4 is 5.32 Å². The van der Waals surface area contributed by atoms with E-state index in [1.54, 1.807) is 13.0 Å². The van der Waals surface area contributed by atoms with Gasteiger partial charge in [0.2, 0.25) is 5.76 Å². The SMILES string of the molecule is Cc1oc(C(=O)O)cc1CNC1CCC1. The average molecular weight is 209 g/mol. The van der Waals surface area contributed by atoms with E-state index in [1.807, 2.05) is 0 Å². The first-order chi connectivity index (χ1) is 7.16. The highest BCUT2D eigenvalue weighted by molar-refractivity contribution is 5.84. The van der Waals surface area contributed by atoms with Crippen molar-refractivity contribution in [3.05, 3.63) is 23.2 Å². The lowest BCUT2D eigenvalue weighted by atomic mass is 9.93. The largest absolute Gasteiger partial charge is 0.475 e. The van der Waals surface area contributed by atoms with Gasteiger partial charge < -0.3 is 14.8 Å². The molecule has 2 N–H and O–H groups in total. The molecule has 0 unspecified atom stereocenters. The number of aryl methyl sites for hydroxylation is 1. The van der Waals surface area contributed by atoms with Crippen LogP contribution in [0.5, 0.6) is 0 Å². The van der Waals surface area contributed by atoms with E-state index in [0.29, 0.717) is 18.3 Å². The fourth-order valence-corrected chi connectivity index (χ4v) is 1.67. The molecule has 82 valence electrons. The number of hydrogen-bond acceptors (Lipinski definition) is 3. The fourth-order valence-electron chi connectivity index (χ4n) is 1.67. The monoisotopic (exact) mass is 209 g/mol. The molecular weight excluding hydrogens is 194 g/mol. The number of furan rings is 1. The summed E-state index contributed by atoms with van der Waals surface area (Å²) in [6, 6.07) is 2.20. The quantitative estimate of drug-likeness (QED) is 0.795. The number of carbonyl (C=O) groups is 1. The molecule has 1 fully saturated rings. The molecule has 0 atom stereocenters. The van der Waals surface area contributed by atoms with Crippen molar-refractivity contribution < 1.29 is 14.3 Å². The zero-order chi connectivity index (χ0) is 10.8. The van der Waals surface area contributed by atoms with Crippen LogP contribution >= 0.6 is 0 Å². The molecule has 15 heavy (non-hydrogen) atoms. The Morgan fingerprint density at radius 3 is 2.87 bits per heavy atom. The summed E-state index contributed by atoms with van der Waals surface area (Å²) in [5.74, 6) is -0.287. The van der Waals surface area contributed by atoms with Crippen LogP contribution in [0.25, 0.3) is 0 Å². The molecule has 0 aromatic carbocycles. The molecule has 4 heteroatoms. The number of nitrogens with one attached hydrogen (secondary N) is 1. The van der Waals surface area contributed by atoms with Gasteiger partial charge in [0.05, 0.1) is 0 Å². The zero-order valence-corrected chi connectivity index (χ0v) is 8.75. The highest BCUT2D eigenvalue weighted by atomic mass is 16.4. The van der Waals surface area contributed by atoms with Gasteiger partial charge in [-0.25, -0.2) is 4.79 Å². The Bertz CT molecular complexity index is 366. The molecule has 0 spiro atoms. The molecule has 0 saturated heterocycles. The highest BCUT2D eigenvalue weighted by Gasteiger charge is 2.18. The summed E-state index contributed by atoms with van der Waals surface area (Å²) in [5, 5.41) is 12.1. The third kappa shape index (κ3) is 2.21. The molecule has 0 radical (unpaired) electrons. The van der Waals surface area contributed by atoms with Crippen LogP contribution in [0.3, 0.4) is 0 Å². The summed E-state index contributed by atoms with van der Waals surface area (Å²) < 4.78 is 5.12. The summed E-state index contributed by atoms with van der Waals surface area (Å²) in [4.78, 5) is 10.7. The Kier molecular flexibility index (Phi) is 2.77. The average Bonchev–Trinajstić information content (AvgIpc) is 2.45. The number of carboxylic acid groups (broad SMARTS) is 1. The van der Waals surface area contributed by atoms with Gasteiger partial charge in [-0.05, 0) is 25.8 Å². The van der Waals surface area contributed by atoms with E-state index in [-0.39, 0.29) is 5.76 Å². The van der Waals surface area contributed by atoms with Gasteiger partial charge in [0.15, 0.2) is 0 Å². The Balaban J connectivity index is 1.97. The topological polar surface area (TPSA) is 62.5 Å². The van der Waals surface area contributed by atoms with Gasteiger partial charge in [-0.2, -0.15) is 0 Å². The van der Waals surface area contributed by atoms with Crippen LogP contribution in [-0.2, 0) is 6.54 Å². The molecule has 1 saturated carbocycles. The molecule has 4 nitrogen and oxygen atoms in total. The molecule has 1 aromatic rings. The maximum Gasteiger partial charge on any atom is 0.371 e. The number of hydrogen-bond donors (Lipinski definition) is 2. The lowest BCUT2D eigenvalue weighted by Crippen LogP contribution is -2.34. The fraction of sp³-hybridized carbons (Fsp3) is 0.545. The zero-order valence-electron chi connectivity index (χ0n) is 8.75. The van der Waals surface area contributed by atoms with E-state index in [1.165, 1.54) is 19.3 Å². The van der Waals surface area contributed by atoms with Crippen molar-refractivity contribution in [3.8, 4) is 0 Å². The smallest absolute Gasteiger partial charge is 0.371 e. The molecule has 1 aliphatic carbocycles. The van der Waals surface area contributed by atoms with Crippen LogP contribution in [0.4, 0.5) is 0 Å². The van der Waals surface area contributed by atoms with Crippen molar-refractivity contribution in [1.29, 1.82) is 0 Å². The minimum atomic E-state index is -1.01. The standard InChI is InChI=1S/C11H15NO3/c1-7-8(5-10(15-7)11(13)14)6-12-9-3-2-4-9/h5,9,12H,2-4,6H2,1H3,(H,13,14). The lowest BCUT2D eigenvalue weighted by Gasteiger charge is -2.26. The van der Waals surface area contributed by atoms with Crippen molar-refractivity contribution in [3.63, 3.8) is 0 Å². The summed E-state index contributed by atoms with van der Waals surface area (Å²) in [5.41, 5.74) is 0.944. The summed E-state index contributed by atoms with van der Waals surface area (Å²) in [6.45, 7) is 2.50. The Morgan fingerprint density at radius 2 is 2.40 bits per heavy atom. The van der Waals surface area contributed by atoms with Gasteiger partial charge >= 0.3 is 5.97 Å². The third-order valence-electron chi connectivity index (χ3n) is 2.92. The van der Waals surface area contributed by atoms with E-state index in [4.69, 9.17) is 9.52 Å². The lowest BCUT2D eigenvalue weighted by molar-refractivity contribution is 0.0661. The summed E-state index contributed by atoms with van der Waals surface area (Å²) in [7, 11) is 0. The van der Waals surface area contributed by atoms with Gasteiger partial charge in [-0.15, -0.1) is 0 Å². The van der Waals surface area contributed by atoms with E-state index < -0.39 is 5.97 Å². The van der Waals surface area contributed by atoms with Gasteiger partial charge in [0.25, 0.3) is 0 Å². The first-order valence-corrected chi connectivity index (χ1v) is 5.23. The summed E-state index contributed by atoms with van der Waals surface area (Å²) in [6.07, 6.45) is 3.74. The van der Waals surface area contributed by atoms with Crippen LogP contribution in [-0.4, -0.2) is 17.1 Å². The second-order valence-corrected chi connectivity index (χ2v) is 4.01. The molecule has 1 aliphatic rings. The number of rotatable bonds is 4. The van der Waals surface area contributed by atoms with Crippen LogP contribution in [0.2, 0.25) is 0 Å². The van der Waals surface area contributed by atoms with Crippen molar-refractivity contribution in [1.82, 2.24) is 5.32 Å². The van der Waals surface area contributed by atoms with Crippen molar-refractivity contribution in [2.45, 2.75) is 38.8 Å². The number of carboxylic acids is 1.